The lowest BCUT2D eigenvalue weighted by Crippen LogP contribution is -2.40. The summed E-state index contributed by atoms with van der Waals surface area (Å²) in [4.78, 5) is 18.1. The molecule has 1 saturated heterocycles. The lowest BCUT2D eigenvalue weighted by Gasteiger charge is -2.21. The molecule has 0 bridgehead atoms. The van der Waals surface area contributed by atoms with Crippen LogP contribution < -0.4 is 10.6 Å². The normalized spacial score (nSPS) is 19.2. The van der Waals surface area contributed by atoms with Crippen LogP contribution in [0.4, 0.5) is 4.79 Å². The Morgan fingerprint density at radius 2 is 2.14 bits per heavy atom. The molecule has 1 rings (SSSR count). The quantitative estimate of drug-likeness (QED) is 0.399. The Hall–Kier alpha value is -1.50. The van der Waals surface area contributed by atoms with Crippen molar-refractivity contribution in [1.82, 2.24) is 15.5 Å². The lowest BCUT2D eigenvalue weighted by atomic mass is 10.2. The summed E-state index contributed by atoms with van der Waals surface area (Å²) in [6, 6.07) is 0. The van der Waals surface area contributed by atoms with E-state index in [9.17, 15) is 9.90 Å². The summed E-state index contributed by atoms with van der Waals surface area (Å²) in [6.07, 6.45) is 0.860. The van der Waals surface area contributed by atoms with Gasteiger partial charge in [0.2, 0.25) is 0 Å². The highest BCUT2D eigenvalue weighted by Gasteiger charge is 2.22. The number of β-amino-alcohol motifs (C(OH)–C–C–N with tert-alkyl or cyclic N) is 1. The first-order chi connectivity index (χ1) is 10.3. The minimum Gasteiger partial charge on any atom is -0.444 e. The second kappa shape index (κ2) is 8.82. The van der Waals surface area contributed by atoms with Crippen molar-refractivity contribution < 1.29 is 14.6 Å². The minimum absolute atomic E-state index is 0.266. The summed E-state index contributed by atoms with van der Waals surface area (Å²) in [7, 11) is 0. The number of hydrogen-bond acceptors (Lipinski definition) is 4. The van der Waals surface area contributed by atoms with Crippen molar-refractivity contribution in [3.05, 3.63) is 0 Å². The van der Waals surface area contributed by atoms with Crippen LogP contribution in [0.15, 0.2) is 4.99 Å². The zero-order valence-electron chi connectivity index (χ0n) is 14.2. The third kappa shape index (κ3) is 7.49. The summed E-state index contributed by atoms with van der Waals surface area (Å²) in [5, 5.41) is 15.5. The Kier molecular flexibility index (Phi) is 7.44. The standard InChI is InChI=1S/C15H30N4O3/c1-5-16-13(19-10-7-12(20)11-19)17-8-6-9-18-14(21)22-15(2,3)4/h12,20H,5-11H2,1-4H3,(H,16,17)(H,18,21)/t12-/m1/s1. The van der Waals surface area contributed by atoms with Crippen LogP contribution in [0.5, 0.6) is 0 Å². The molecule has 0 aromatic rings. The number of nitrogens with one attached hydrogen (secondary N) is 2. The fourth-order valence-electron chi connectivity index (χ4n) is 2.13. The minimum atomic E-state index is -0.475. The third-order valence-electron chi connectivity index (χ3n) is 3.06. The molecule has 7 heteroatoms. The van der Waals surface area contributed by atoms with Gasteiger partial charge in [0, 0.05) is 32.7 Å². The van der Waals surface area contributed by atoms with E-state index >= 15 is 0 Å². The number of alkyl carbamates (subject to hydrolysis) is 1. The zero-order chi connectivity index (χ0) is 16.6. The van der Waals surface area contributed by atoms with E-state index in [0.717, 1.165) is 31.9 Å². The maximum atomic E-state index is 11.5. The predicted molar refractivity (Wildman–Crippen MR) is 87.0 cm³/mol. The molecule has 22 heavy (non-hydrogen) atoms. The molecule has 128 valence electrons. The van der Waals surface area contributed by atoms with Crippen LogP contribution in [-0.2, 0) is 4.74 Å². The first kappa shape index (κ1) is 18.5. The lowest BCUT2D eigenvalue weighted by molar-refractivity contribution is 0.0527. The van der Waals surface area contributed by atoms with Gasteiger partial charge in [0.1, 0.15) is 5.60 Å². The molecular formula is C15H30N4O3. The maximum absolute atomic E-state index is 11.5. The summed E-state index contributed by atoms with van der Waals surface area (Å²) >= 11 is 0. The predicted octanol–water partition coefficient (Wildman–Crippen LogP) is 0.933. The average Bonchev–Trinajstić information content (AvgIpc) is 2.81. The van der Waals surface area contributed by atoms with E-state index in [1.165, 1.54) is 0 Å². The first-order valence-electron chi connectivity index (χ1n) is 8.00. The Labute approximate surface area is 133 Å². The number of hydrogen-bond donors (Lipinski definition) is 3. The van der Waals surface area contributed by atoms with Gasteiger partial charge in [0.05, 0.1) is 6.10 Å². The van der Waals surface area contributed by atoms with Gasteiger partial charge in [-0.2, -0.15) is 0 Å². The Morgan fingerprint density at radius 1 is 1.41 bits per heavy atom. The number of likely N-dealkylation sites (tertiary alicyclic amines) is 1. The van der Waals surface area contributed by atoms with Crippen molar-refractivity contribution in [2.24, 2.45) is 4.99 Å². The monoisotopic (exact) mass is 314 g/mol. The number of carbonyl (C=O) groups is 1. The number of nitrogens with zero attached hydrogens (tertiary/aromatic N) is 2. The summed E-state index contributed by atoms with van der Waals surface area (Å²) in [5.41, 5.74) is -0.475. The van der Waals surface area contributed by atoms with Gasteiger partial charge in [-0.05, 0) is 40.5 Å². The molecule has 0 saturated carbocycles. The Balaban J connectivity index is 2.28. The molecule has 1 atom stereocenters. The molecular weight excluding hydrogens is 284 g/mol. The van der Waals surface area contributed by atoms with E-state index < -0.39 is 11.7 Å². The average molecular weight is 314 g/mol. The van der Waals surface area contributed by atoms with E-state index in [-0.39, 0.29) is 6.10 Å². The fraction of sp³-hybridized carbons (Fsp3) is 0.867. The largest absolute Gasteiger partial charge is 0.444 e. The van der Waals surface area contributed by atoms with Gasteiger partial charge < -0.3 is 25.4 Å². The van der Waals surface area contributed by atoms with Crippen molar-refractivity contribution in [2.45, 2.75) is 52.2 Å². The number of aliphatic hydroxyl groups excluding tert-OH is 1. The molecule has 1 amide bonds. The first-order valence-corrected chi connectivity index (χ1v) is 8.00. The molecule has 0 radical (unpaired) electrons. The van der Waals surface area contributed by atoms with Gasteiger partial charge in [-0.15, -0.1) is 0 Å². The topological polar surface area (TPSA) is 86.2 Å². The third-order valence-corrected chi connectivity index (χ3v) is 3.06. The highest BCUT2D eigenvalue weighted by molar-refractivity contribution is 5.80. The van der Waals surface area contributed by atoms with E-state index in [2.05, 4.69) is 20.5 Å². The second-order valence-electron chi connectivity index (χ2n) is 6.41. The molecule has 3 N–H and O–H groups in total. The van der Waals surface area contributed by atoms with Crippen molar-refractivity contribution in [2.75, 3.05) is 32.7 Å². The molecule has 1 aliphatic heterocycles. The summed E-state index contributed by atoms with van der Waals surface area (Å²) in [6.45, 7) is 10.9. The number of ether oxygens (including phenoxy) is 1. The van der Waals surface area contributed by atoms with E-state index in [1.54, 1.807) is 0 Å². The SMILES string of the molecule is CCNC(=NCCCNC(=O)OC(C)(C)C)N1CC[C@@H](O)C1. The van der Waals surface area contributed by atoms with Crippen molar-refractivity contribution in [1.29, 1.82) is 0 Å². The second-order valence-corrected chi connectivity index (χ2v) is 6.41. The number of aliphatic imine (C=N–C) groups is 1. The molecule has 0 aromatic heterocycles. The molecule has 7 nitrogen and oxygen atoms in total. The molecule has 0 aromatic carbocycles. The van der Waals surface area contributed by atoms with Crippen LogP contribution in [0.2, 0.25) is 0 Å². The van der Waals surface area contributed by atoms with E-state index in [4.69, 9.17) is 4.74 Å². The molecule has 1 heterocycles. The number of aliphatic hydroxyl groups is 1. The smallest absolute Gasteiger partial charge is 0.407 e. The molecule has 0 unspecified atom stereocenters. The fourth-order valence-corrected chi connectivity index (χ4v) is 2.13. The van der Waals surface area contributed by atoms with Gasteiger partial charge in [0.15, 0.2) is 5.96 Å². The van der Waals surface area contributed by atoms with Gasteiger partial charge in [-0.3, -0.25) is 4.99 Å². The maximum Gasteiger partial charge on any atom is 0.407 e. The number of rotatable bonds is 5. The molecule has 1 fully saturated rings. The van der Waals surface area contributed by atoms with Crippen LogP contribution >= 0.6 is 0 Å². The summed E-state index contributed by atoms with van der Waals surface area (Å²) < 4.78 is 5.16. The molecule has 0 spiro atoms. The van der Waals surface area contributed by atoms with Crippen molar-refractivity contribution in [3.63, 3.8) is 0 Å². The van der Waals surface area contributed by atoms with Crippen LogP contribution in [0, 0.1) is 0 Å². The van der Waals surface area contributed by atoms with Gasteiger partial charge in [-0.25, -0.2) is 4.79 Å². The van der Waals surface area contributed by atoms with E-state index in [0.29, 0.717) is 19.6 Å². The molecule has 0 aliphatic carbocycles. The highest BCUT2D eigenvalue weighted by atomic mass is 16.6. The highest BCUT2D eigenvalue weighted by Crippen LogP contribution is 2.09. The zero-order valence-corrected chi connectivity index (χ0v) is 14.2. The molecule has 1 aliphatic rings. The number of amides is 1. The Bertz CT molecular complexity index is 379. The van der Waals surface area contributed by atoms with Crippen molar-refractivity contribution >= 4 is 12.1 Å². The number of carbonyl (C=O) groups excluding carboxylic acids is 1. The summed E-state index contributed by atoms with van der Waals surface area (Å²) in [5.74, 6) is 0.830. The Morgan fingerprint density at radius 3 is 2.68 bits per heavy atom. The van der Waals surface area contributed by atoms with Gasteiger partial charge in [-0.1, -0.05) is 0 Å². The van der Waals surface area contributed by atoms with Crippen LogP contribution in [-0.4, -0.2) is 66.5 Å². The number of guanidine groups is 1. The van der Waals surface area contributed by atoms with Gasteiger partial charge in [0.25, 0.3) is 0 Å². The van der Waals surface area contributed by atoms with E-state index in [1.807, 2.05) is 27.7 Å². The van der Waals surface area contributed by atoms with Crippen LogP contribution in [0.1, 0.15) is 40.5 Å². The van der Waals surface area contributed by atoms with Crippen molar-refractivity contribution in [3.8, 4) is 0 Å². The van der Waals surface area contributed by atoms with Gasteiger partial charge >= 0.3 is 6.09 Å². The van der Waals surface area contributed by atoms with Crippen LogP contribution in [0.3, 0.4) is 0 Å². The van der Waals surface area contributed by atoms with Crippen LogP contribution in [0.25, 0.3) is 0 Å².